The molecule has 0 radical (unpaired) electrons. The van der Waals surface area contributed by atoms with Crippen molar-refractivity contribution in [2.45, 2.75) is 6.92 Å². The Morgan fingerprint density at radius 3 is 2.72 bits per heavy atom. The second kappa shape index (κ2) is 7.49. The normalized spacial score (nSPS) is 11.7. The molecule has 0 aliphatic rings. The SMILES string of the molecule is CCOC(=O)c1ccc2c(c1)sc(=NC(=O)c1ccccc1I)n2C. The second-order valence-corrected chi connectivity index (χ2v) is 7.41. The third-order valence-electron chi connectivity index (χ3n) is 3.62. The molecule has 1 aromatic heterocycles. The van der Waals surface area contributed by atoms with E-state index < -0.39 is 0 Å². The number of rotatable bonds is 3. The molecule has 5 nitrogen and oxygen atoms in total. The van der Waals surface area contributed by atoms with Gasteiger partial charge in [-0.05, 0) is 59.8 Å². The van der Waals surface area contributed by atoms with Gasteiger partial charge in [0.1, 0.15) is 0 Å². The highest BCUT2D eigenvalue weighted by molar-refractivity contribution is 14.1. The van der Waals surface area contributed by atoms with Crippen LogP contribution in [-0.4, -0.2) is 23.1 Å². The molecule has 3 rings (SSSR count). The maximum atomic E-state index is 12.5. The maximum absolute atomic E-state index is 12.5. The van der Waals surface area contributed by atoms with E-state index in [2.05, 4.69) is 27.6 Å². The third-order valence-corrected chi connectivity index (χ3v) is 5.66. The van der Waals surface area contributed by atoms with Gasteiger partial charge in [0.05, 0.1) is 28.0 Å². The number of benzene rings is 2. The molecule has 0 spiro atoms. The molecule has 0 saturated carbocycles. The van der Waals surface area contributed by atoms with Gasteiger partial charge in [-0.15, -0.1) is 0 Å². The van der Waals surface area contributed by atoms with Gasteiger partial charge in [-0.3, -0.25) is 4.79 Å². The zero-order valence-corrected chi connectivity index (χ0v) is 16.6. The van der Waals surface area contributed by atoms with Crippen LogP contribution in [0.3, 0.4) is 0 Å². The number of carbonyl (C=O) groups is 2. The summed E-state index contributed by atoms with van der Waals surface area (Å²) in [6.07, 6.45) is 0. The molecule has 128 valence electrons. The summed E-state index contributed by atoms with van der Waals surface area (Å²) in [6.45, 7) is 2.11. The van der Waals surface area contributed by atoms with E-state index in [0.717, 1.165) is 13.8 Å². The average Bonchev–Trinajstić information content (AvgIpc) is 2.90. The van der Waals surface area contributed by atoms with Crippen LogP contribution in [0.25, 0.3) is 10.2 Å². The van der Waals surface area contributed by atoms with E-state index in [0.29, 0.717) is 22.5 Å². The van der Waals surface area contributed by atoms with Crippen molar-refractivity contribution in [3.8, 4) is 0 Å². The summed E-state index contributed by atoms with van der Waals surface area (Å²) in [5, 5.41) is 0. The zero-order chi connectivity index (χ0) is 18.0. The number of ether oxygens (including phenoxy) is 1. The lowest BCUT2D eigenvalue weighted by atomic mass is 10.2. The standard InChI is InChI=1S/C18H15IN2O3S/c1-3-24-17(23)11-8-9-14-15(10-11)25-18(21(14)2)20-16(22)12-6-4-5-7-13(12)19/h4-10H,3H2,1-2H3. The van der Waals surface area contributed by atoms with Crippen LogP contribution in [0.2, 0.25) is 0 Å². The molecule has 0 atom stereocenters. The number of amides is 1. The summed E-state index contributed by atoms with van der Waals surface area (Å²) in [6, 6.07) is 12.7. The van der Waals surface area contributed by atoms with Gasteiger partial charge in [-0.2, -0.15) is 4.99 Å². The smallest absolute Gasteiger partial charge is 0.338 e. The number of halogens is 1. The Morgan fingerprint density at radius 1 is 1.24 bits per heavy atom. The van der Waals surface area contributed by atoms with Crippen LogP contribution >= 0.6 is 33.9 Å². The fourth-order valence-corrected chi connectivity index (χ4v) is 4.04. The van der Waals surface area contributed by atoms with Gasteiger partial charge in [-0.25, -0.2) is 4.79 Å². The number of aryl methyl sites for hydroxylation is 1. The van der Waals surface area contributed by atoms with Crippen molar-refractivity contribution in [3.63, 3.8) is 0 Å². The fraction of sp³-hybridized carbons (Fsp3) is 0.167. The molecule has 2 aromatic carbocycles. The van der Waals surface area contributed by atoms with E-state index in [1.54, 1.807) is 25.1 Å². The Morgan fingerprint density at radius 2 is 2.00 bits per heavy atom. The third kappa shape index (κ3) is 3.67. The van der Waals surface area contributed by atoms with Gasteiger partial charge in [0, 0.05) is 10.6 Å². The van der Waals surface area contributed by atoms with Crippen LogP contribution in [0.1, 0.15) is 27.6 Å². The van der Waals surface area contributed by atoms with Gasteiger partial charge in [0.15, 0.2) is 4.80 Å². The molecule has 1 amide bonds. The first-order chi connectivity index (χ1) is 12.0. The lowest BCUT2D eigenvalue weighted by molar-refractivity contribution is 0.0526. The van der Waals surface area contributed by atoms with Crippen LogP contribution in [0.15, 0.2) is 47.5 Å². The molecule has 0 aliphatic carbocycles. The van der Waals surface area contributed by atoms with E-state index in [4.69, 9.17) is 4.74 Å². The van der Waals surface area contributed by atoms with Crippen molar-refractivity contribution in [1.29, 1.82) is 0 Å². The largest absolute Gasteiger partial charge is 0.462 e. The first-order valence-electron chi connectivity index (χ1n) is 7.61. The van der Waals surface area contributed by atoms with Gasteiger partial charge < -0.3 is 9.30 Å². The molecule has 0 bridgehead atoms. The van der Waals surface area contributed by atoms with E-state index in [1.807, 2.05) is 35.9 Å². The molecule has 25 heavy (non-hydrogen) atoms. The second-order valence-electron chi connectivity index (χ2n) is 5.24. The summed E-state index contributed by atoms with van der Waals surface area (Å²) >= 11 is 3.49. The number of esters is 1. The van der Waals surface area contributed by atoms with Crippen LogP contribution in [0, 0.1) is 3.57 Å². The minimum absolute atomic E-state index is 0.280. The lowest BCUT2D eigenvalue weighted by Crippen LogP contribution is -2.13. The molecule has 0 N–H and O–H groups in total. The minimum Gasteiger partial charge on any atom is -0.462 e. The molecular formula is C18H15IN2O3S. The quantitative estimate of drug-likeness (QED) is 0.437. The number of hydrogen-bond acceptors (Lipinski definition) is 4. The predicted octanol–water partition coefficient (Wildman–Crippen LogP) is 3.76. The fourth-order valence-electron chi connectivity index (χ4n) is 2.36. The Kier molecular flexibility index (Phi) is 5.33. The summed E-state index contributed by atoms with van der Waals surface area (Å²) in [4.78, 5) is 29.2. The Bertz CT molecular complexity index is 1040. The van der Waals surface area contributed by atoms with Crippen molar-refractivity contribution in [3.05, 3.63) is 62.0 Å². The van der Waals surface area contributed by atoms with Gasteiger partial charge in [0.25, 0.3) is 5.91 Å². The van der Waals surface area contributed by atoms with Crippen LogP contribution in [-0.2, 0) is 11.8 Å². The van der Waals surface area contributed by atoms with Crippen molar-refractivity contribution in [2.24, 2.45) is 12.0 Å². The van der Waals surface area contributed by atoms with Gasteiger partial charge in [-0.1, -0.05) is 23.5 Å². The summed E-state index contributed by atoms with van der Waals surface area (Å²) < 4.78 is 8.62. The molecule has 3 aromatic rings. The van der Waals surface area contributed by atoms with Crippen LogP contribution in [0.5, 0.6) is 0 Å². The molecule has 1 heterocycles. The summed E-state index contributed by atoms with van der Waals surface area (Å²) in [5.41, 5.74) is 1.98. The van der Waals surface area contributed by atoms with E-state index in [9.17, 15) is 9.59 Å². The zero-order valence-electron chi connectivity index (χ0n) is 13.7. The molecule has 0 fully saturated rings. The topological polar surface area (TPSA) is 60.7 Å². The number of thiazole rings is 1. The highest BCUT2D eigenvalue weighted by atomic mass is 127. The Balaban J connectivity index is 2.05. The number of hydrogen-bond donors (Lipinski definition) is 0. The van der Waals surface area contributed by atoms with E-state index >= 15 is 0 Å². The highest BCUT2D eigenvalue weighted by Crippen LogP contribution is 2.19. The first kappa shape index (κ1) is 17.8. The summed E-state index contributed by atoms with van der Waals surface area (Å²) in [7, 11) is 1.85. The summed E-state index contributed by atoms with van der Waals surface area (Å²) in [5.74, 6) is -0.633. The van der Waals surface area contributed by atoms with E-state index in [-0.39, 0.29) is 11.9 Å². The van der Waals surface area contributed by atoms with Crippen LogP contribution in [0.4, 0.5) is 0 Å². The molecular weight excluding hydrogens is 451 g/mol. The van der Waals surface area contributed by atoms with Crippen molar-refractivity contribution < 1.29 is 14.3 Å². The lowest BCUT2D eigenvalue weighted by Gasteiger charge is -2.01. The number of carbonyl (C=O) groups excluding carboxylic acids is 2. The monoisotopic (exact) mass is 466 g/mol. The van der Waals surface area contributed by atoms with Crippen molar-refractivity contribution >= 4 is 56.0 Å². The van der Waals surface area contributed by atoms with Crippen molar-refractivity contribution in [2.75, 3.05) is 6.61 Å². The van der Waals surface area contributed by atoms with E-state index in [1.165, 1.54) is 11.3 Å². The number of nitrogens with zero attached hydrogens (tertiary/aromatic N) is 2. The number of aromatic nitrogens is 1. The minimum atomic E-state index is -0.353. The average molecular weight is 466 g/mol. The molecule has 0 aliphatic heterocycles. The van der Waals surface area contributed by atoms with Crippen LogP contribution < -0.4 is 4.80 Å². The van der Waals surface area contributed by atoms with Crippen molar-refractivity contribution in [1.82, 2.24) is 4.57 Å². The van der Waals surface area contributed by atoms with Gasteiger partial charge >= 0.3 is 5.97 Å². The molecule has 0 unspecified atom stereocenters. The molecule has 0 saturated heterocycles. The number of fused-ring (bicyclic) bond motifs is 1. The Labute approximate surface area is 162 Å². The Hall–Kier alpha value is -2.00. The highest BCUT2D eigenvalue weighted by Gasteiger charge is 2.12. The predicted molar refractivity (Wildman–Crippen MR) is 106 cm³/mol. The molecule has 7 heteroatoms. The first-order valence-corrected chi connectivity index (χ1v) is 9.51. The van der Waals surface area contributed by atoms with Gasteiger partial charge in [0.2, 0.25) is 0 Å². The maximum Gasteiger partial charge on any atom is 0.338 e.